The average molecular weight is 1340 g/mol. The van der Waals surface area contributed by atoms with E-state index in [0.717, 1.165) is 120 Å². The molecule has 0 rings (SSSR count). The van der Waals surface area contributed by atoms with Crippen LogP contribution in [0.2, 0.25) is 0 Å². The zero-order chi connectivity index (χ0) is 67.5. The Labute approximate surface area is 556 Å². The average Bonchev–Trinajstić information content (AvgIpc) is 3.62. The van der Waals surface area contributed by atoms with Crippen molar-refractivity contribution in [1.82, 2.24) is 0 Å². The highest BCUT2D eigenvalue weighted by molar-refractivity contribution is 7.47. The molecule has 0 heterocycles. The Morgan fingerprint density at radius 2 is 0.527 bits per heavy atom. The second-order valence-electron chi connectivity index (χ2n) is 27.6. The van der Waals surface area contributed by atoms with Gasteiger partial charge in [-0.05, 0) is 49.4 Å². The molecule has 0 bridgehead atoms. The number of phosphoric ester groups is 2. The normalized spacial score (nSPS) is 14.5. The molecule has 0 aromatic heterocycles. The Hall–Kier alpha value is -1.94. The first-order valence-corrected chi connectivity index (χ1v) is 40.2. The standard InChI is InChI=1S/C72H140O17P2/c1-9-65(8)51-43-35-29-31-37-45-53-70(75)83-59-68(89-72(77)55-47-39-27-23-19-15-14-17-21-25-33-41-49-63(4)5)61-87-91(80,81)85-57-66(73)56-84-90(78,79)86-60-67(58-82-69(74)52-44-36-30-28-34-42-50-64(6)7)88-71(76)54-46-38-26-22-18-13-11-10-12-16-20-24-32-40-48-62(2)3/h62-68,73H,9-61H2,1-8H3,(H,78,79)(H,80,81)/t65?,66-,67+,68+/m0/s1. The monoisotopic (exact) mass is 1340 g/mol. The van der Waals surface area contributed by atoms with Crippen LogP contribution in [-0.2, 0) is 65.4 Å². The molecular formula is C72H140O17P2. The quantitative estimate of drug-likeness (QED) is 0.0222. The van der Waals surface area contributed by atoms with Crippen molar-refractivity contribution < 1.29 is 80.2 Å². The van der Waals surface area contributed by atoms with Gasteiger partial charge in [-0.1, -0.05) is 306 Å². The number of unbranched alkanes of at least 4 members (excludes halogenated alkanes) is 34. The number of ether oxygens (including phenoxy) is 4. The molecule has 0 saturated carbocycles. The molecule has 17 nitrogen and oxygen atoms in total. The van der Waals surface area contributed by atoms with E-state index in [1.807, 2.05) is 0 Å². The summed E-state index contributed by atoms with van der Waals surface area (Å²) >= 11 is 0. The van der Waals surface area contributed by atoms with E-state index in [0.29, 0.717) is 31.6 Å². The molecule has 91 heavy (non-hydrogen) atoms. The number of carbonyl (C=O) groups is 4. The van der Waals surface area contributed by atoms with Crippen LogP contribution in [0.15, 0.2) is 0 Å². The van der Waals surface area contributed by atoms with Crippen molar-refractivity contribution in [3.8, 4) is 0 Å². The van der Waals surface area contributed by atoms with Gasteiger partial charge in [0.15, 0.2) is 12.2 Å². The largest absolute Gasteiger partial charge is 0.472 e. The zero-order valence-corrected chi connectivity index (χ0v) is 61.3. The number of aliphatic hydroxyl groups excluding tert-OH is 1. The van der Waals surface area contributed by atoms with Gasteiger partial charge < -0.3 is 33.8 Å². The first-order chi connectivity index (χ1) is 43.6. The Morgan fingerprint density at radius 3 is 0.780 bits per heavy atom. The molecular weight excluding hydrogens is 1200 g/mol. The van der Waals surface area contributed by atoms with E-state index in [4.69, 9.17) is 37.0 Å². The summed E-state index contributed by atoms with van der Waals surface area (Å²) in [6, 6.07) is 0. The fourth-order valence-electron chi connectivity index (χ4n) is 10.8. The molecule has 0 spiro atoms. The van der Waals surface area contributed by atoms with Crippen molar-refractivity contribution in [2.45, 2.75) is 375 Å². The maximum Gasteiger partial charge on any atom is 0.472 e. The highest BCUT2D eigenvalue weighted by atomic mass is 31.2. The molecule has 6 atom stereocenters. The van der Waals surface area contributed by atoms with Gasteiger partial charge in [-0.2, -0.15) is 0 Å². The lowest BCUT2D eigenvalue weighted by Crippen LogP contribution is -2.30. The highest BCUT2D eigenvalue weighted by Gasteiger charge is 2.30. The van der Waals surface area contributed by atoms with Crippen LogP contribution in [0.5, 0.6) is 0 Å². The topological polar surface area (TPSA) is 237 Å². The van der Waals surface area contributed by atoms with Gasteiger partial charge in [-0.15, -0.1) is 0 Å². The number of carbonyl (C=O) groups excluding carboxylic acids is 4. The molecule has 3 unspecified atom stereocenters. The first kappa shape index (κ1) is 89.1. The van der Waals surface area contributed by atoms with Crippen molar-refractivity contribution in [2.24, 2.45) is 23.7 Å². The van der Waals surface area contributed by atoms with Crippen molar-refractivity contribution in [2.75, 3.05) is 39.6 Å². The summed E-state index contributed by atoms with van der Waals surface area (Å²) in [5.74, 6) is 0.853. The lowest BCUT2D eigenvalue weighted by Gasteiger charge is -2.21. The second-order valence-corrected chi connectivity index (χ2v) is 30.6. The van der Waals surface area contributed by atoms with Crippen LogP contribution in [0, 0.1) is 23.7 Å². The summed E-state index contributed by atoms with van der Waals surface area (Å²) < 4.78 is 68.3. The van der Waals surface area contributed by atoms with Gasteiger partial charge in [0, 0.05) is 25.7 Å². The van der Waals surface area contributed by atoms with Crippen LogP contribution in [0.25, 0.3) is 0 Å². The number of esters is 4. The van der Waals surface area contributed by atoms with E-state index in [1.54, 1.807) is 0 Å². The number of hydrogen-bond donors (Lipinski definition) is 3. The fourth-order valence-corrected chi connectivity index (χ4v) is 12.4. The smallest absolute Gasteiger partial charge is 0.462 e. The fraction of sp³-hybridized carbons (Fsp3) is 0.944. The number of hydrogen-bond acceptors (Lipinski definition) is 15. The van der Waals surface area contributed by atoms with Crippen LogP contribution < -0.4 is 0 Å². The molecule has 0 aliphatic carbocycles. The summed E-state index contributed by atoms with van der Waals surface area (Å²) in [7, 11) is -9.91. The van der Waals surface area contributed by atoms with Crippen molar-refractivity contribution >= 4 is 39.5 Å². The van der Waals surface area contributed by atoms with Crippen LogP contribution >= 0.6 is 15.6 Å². The molecule has 0 fully saturated rings. The van der Waals surface area contributed by atoms with Gasteiger partial charge in [0.1, 0.15) is 19.3 Å². The number of aliphatic hydroxyl groups is 1. The Bertz CT molecular complexity index is 1800. The summed E-state index contributed by atoms with van der Waals surface area (Å²) in [4.78, 5) is 72.6. The number of rotatable bonds is 69. The van der Waals surface area contributed by atoms with Gasteiger partial charge in [0.05, 0.1) is 26.4 Å². The van der Waals surface area contributed by atoms with Gasteiger partial charge in [0.25, 0.3) is 0 Å². The van der Waals surface area contributed by atoms with Gasteiger partial charge >= 0.3 is 39.5 Å². The zero-order valence-electron chi connectivity index (χ0n) is 59.5. The molecule has 0 aliphatic rings. The van der Waals surface area contributed by atoms with Gasteiger partial charge in [0.2, 0.25) is 0 Å². The van der Waals surface area contributed by atoms with E-state index in [9.17, 15) is 43.2 Å². The molecule has 0 aromatic carbocycles. The molecule has 0 saturated heterocycles. The van der Waals surface area contributed by atoms with Crippen molar-refractivity contribution in [3.63, 3.8) is 0 Å². The SMILES string of the molecule is CCC(C)CCCCCCCCC(=O)OC[C@H](COP(=O)(O)OC[C@@H](O)COP(=O)(O)OC[C@@H](COC(=O)CCCCCCCCC(C)C)OC(=O)CCCCCCCCCCCCCCCCC(C)C)OC(=O)CCCCCCCCCCCCCCC(C)C. The van der Waals surface area contributed by atoms with Crippen LogP contribution in [0.1, 0.15) is 357 Å². The summed E-state index contributed by atoms with van der Waals surface area (Å²) in [5, 5.41) is 10.6. The van der Waals surface area contributed by atoms with Crippen molar-refractivity contribution in [1.29, 1.82) is 0 Å². The molecule has 0 amide bonds. The Balaban J connectivity index is 5.22. The molecule has 3 N–H and O–H groups in total. The molecule has 0 aromatic rings. The predicted molar refractivity (Wildman–Crippen MR) is 367 cm³/mol. The molecule has 0 radical (unpaired) electrons. The first-order valence-electron chi connectivity index (χ1n) is 37.2. The minimum atomic E-state index is -4.95. The van der Waals surface area contributed by atoms with Gasteiger partial charge in [-0.3, -0.25) is 37.3 Å². The van der Waals surface area contributed by atoms with Gasteiger partial charge in [-0.25, -0.2) is 9.13 Å². The lowest BCUT2D eigenvalue weighted by molar-refractivity contribution is -0.161. The van der Waals surface area contributed by atoms with E-state index < -0.39 is 97.5 Å². The number of phosphoric acid groups is 2. The molecule has 540 valence electrons. The maximum absolute atomic E-state index is 13.0. The summed E-state index contributed by atoms with van der Waals surface area (Å²) in [5.41, 5.74) is 0. The Morgan fingerprint density at radius 1 is 0.308 bits per heavy atom. The highest BCUT2D eigenvalue weighted by Crippen LogP contribution is 2.45. The van der Waals surface area contributed by atoms with E-state index >= 15 is 0 Å². The second kappa shape index (κ2) is 61.6. The third kappa shape index (κ3) is 65.1. The predicted octanol–water partition coefficient (Wildman–Crippen LogP) is 20.5. The van der Waals surface area contributed by atoms with Crippen molar-refractivity contribution in [3.05, 3.63) is 0 Å². The van der Waals surface area contributed by atoms with E-state index in [1.165, 1.54) is 148 Å². The van der Waals surface area contributed by atoms with Crippen LogP contribution in [0.4, 0.5) is 0 Å². The lowest BCUT2D eigenvalue weighted by atomic mass is 10.00. The molecule has 19 heteroatoms. The molecule has 0 aliphatic heterocycles. The Kier molecular flexibility index (Phi) is 60.3. The summed E-state index contributed by atoms with van der Waals surface area (Å²) in [6.07, 6.45) is 44.6. The minimum absolute atomic E-state index is 0.105. The third-order valence-electron chi connectivity index (χ3n) is 16.9. The minimum Gasteiger partial charge on any atom is -0.462 e. The summed E-state index contributed by atoms with van der Waals surface area (Å²) in [6.45, 7) is 14.1. The van der Waals surface area contributed by atoms with E-state index in [-0.39, 0.29) is 25.7 Å². The van der Waals surface area contributed by atoms with E-state index in [2.05, 4.69) is 55.4 Å². The van der Waals surface area contributed by atoms with Crippen LogP contribution in [-0.4, -0.2) is 96.7 Å². The maximum atomic E-state index is 13.0. The van der Waals surface area contributed by atoms with Crippen LogP contribution in [0.3, 0.4) is 0 Å². The third-order valence-corrected chi connectivity index (χ3v) is 18.8.